The van der Waals surface area contributed by atoms with Gasteiger partial charge in [-0.15, -0.1) is 0 Å². The highest BCUT2D eigenvalue weighted by Crippen LogP contribution is 2.56. The van der Waals surface area contributed by atoms with Gasteiger partial charge in [0.05, 0.1) is 10.3 Å². The van der Waals surface area contributed by atoms with Gasteiger partial charge in [0.1, 0.15) is 11.3 Å². The van der Waals surface area contributed by atoms with Crippen LogP contribution in [-0.2, 0) is 11.0 Å². The van der Waals surface area contributed by atoms with E-state index in [0.29, 0.717) is 16.7 Å². The fourth-order valence-corrected chi connectivity index (χ4v) is 6.34. The first-order valence-electron chi connectivity index (χ1n) is 14.0. The molecule has 0 aliphatic carbocycles. The second kappa shape index (κ2) is 11.6. The van der Waals surface area contributed by atoms with Crippen molar-refractivity contribution in [3.8, 4) is 5.75 Å². The van der Waals surface area contributed by atoms with Crippen molar-refractivity contribution in [1.29, 1.82) is 0 Å². The Bertz CT molecular complexity index is 1780. The quantitative estimate of drug-likeness (QED) is 0.119. The first kappa shape index (κ1) is 29.2. The molecule has 0 bridgehead atoms. The second-order valence-corrected chi connectivity index (χ2v) is 10.5. The third-order valence-corrected chi connectivity index (χ3v) is 8.15. The van der Waals surface area contributed by atoms with Gasteiger partial charge in [-0.05, 0) is 46.5 Å². The van der Waals surface area contributed by atoms with E-state index in [0.717, 1.165) is 29.2 Å². The topological polar surface area (TPSA) is 102 Å². The monoisotopic (exact) mass is 605 g/mol. The third kappa shape index (κ3) is 4.76. The number of benzene rings is 5. The van der Waals surface area contributed by atoms with E-state index in [9.17, 15) is 24.1 Å². The summed E-state index contributed by atoms with van der Waals surface area (Å²) in [5.74, 6) is -2.33. The zero-order valence-electron chi connectivity index (χ0n) is 23.6. The molecule has 1 N–H and O–H groups in total. The molecule has 224 valence electrons. The van der Waals surface area contributed by atoms with Gasteiger partial charge in [-0.1, -0.05) is 97.1 Å². The van der Waals surface area contributed by atoms with Crippen LogP contribution in [0.1, 0.15) is 22.3 Å². The zero-order chi connectivity index (χ0) is 31.6. The number of imide groups is 1. The molecule has 3 amide bonds. The van der Waals surface area contributed by atoms with E-state index in [1.165, 1.54) is 18.2 Å². The van der Waals surface area contributed by atoms with Gasteiger partial charge in [0.2, 0.25) is 0 Å². The lowest BCUT2D eigenvalue weighted by Crippen LogP contribution is -2.62. The molecule has 1 heterocycles. The summed E-state index contributed by atoms with van der Waals surface area (Å²) < 4.78 is 35.4. The van der Waals surface area contributed by atoms with Crippen LogP contribution in [0.25, 0.3) is 0 Å². The number of halogens is 2. The number of non-ortho nitro benzene ring substituents is 1. The molecule has 5 aromatic rings. The fourth-order valence-electron chi connectivity index (χ4n) is 6.34. The molecule has 1 aliphatic heterocycles. The molecule has 1 aliphatic rings. The summed E-state index contributed by atoms with van der Waals surface area (Å²) in [4.78, 5) is 39.6. The van der Waals surface area contributed by atoms with E-state index >= 15 is 4.39 Å². The first-order chi connectivity index (χ1) is 21.8. The smallest absolute Gasteiger partial charge is 0.410 e. The lowest BCUT2D eigenvalue weighted by molar-refractivity contribution is -0.384. The van der Waals surface area contributed by atoms with E-state index in [1.807, 2.05) is 91.0 Å². The van der Waals surface area contributed by atoms with Gasteiger partial charge in [0.15, 0.2) is 11.6 Å². The number of hydrogen-bond acceptors (Lipinski definition) is 5. The SMILES string of the molecule is O=C1NCC(c2ccc(F)c(F)c2)(C(c2ccccc2)(c2ccccc2)c2ccccc2)N1C(=O)Oc1ccc([N+](=O)[O-])cc1. The summed E-state index contributed by atoms with van der Waals surface area (Å²) in [6.45, 7) is -0.217. The highest BCUT2D eigenvalue weighted by molar-refractivity contribution is 5.96. The van der Waals surface area contributed by atoms with Crippen LogP contribution in [0.3, 0.4) is 0 Å². The average molecular weight is 606 g/mol. The van der Waals surface area contributed by atoms with E-state index in [2.05, 4.69) is 5.32 Å². The number of urea groups is 1. The Labute approximate surface area is 256 Å². The van der Waals surface area contributed by atoms with Crippen LogP contribution in [-0.4, -0.2) is 28.5 Å². The summed E-state index contributed by atoms with van der Waals surface area (Å²) in [6, 6.07) is 34.8. The van der Waals surface area contributed by atoms with E-state index in [1.54, 1.807) is 0 Å². The molecule has 1 atom stereocenters. The Hall–Kier alpha value is -5.90. The average Bonchev–Trinajstić information content (AvgIpc) is 3.42. The molecule has 0 radical (unpaired) electrons. The maximum absolute atomic E-state index is 15.2. The Balaban J connectivity index is 1.69. The number of hydrogen-bond donors (Lipinski definition) is 1. The minimum absolute atomic E-state index is 0.0609. The number of nitro groups is 1. The molecule has 0 aromatic heterocycles. The summed E-state index contributed by atoms with van der Waals surface area (Å²) in [5.41, 5.74) is -1.36. The summed E-state index contributed by atoms with van der Waals surface area (Å²) in [6.07, 6.45) is -1.13. The zero-order valence-corrected chi connectivity index (χ0v) is 23.6. The molecule has 45 heavy (non-hydrogen) atoms. The molecule has 10 heteroatoms. The fraction of sp³-hybridized carbons (Fsp3) is 0.0857. The Morgan fingerprint density at radius 1 is 0.778 bits per heavy atom. The van der Waals surface area contributed by atoms with Gasteiger partial charge in [0.25, 0.3) is 5.69 Å². The van der Waals surface area contributed by atoms with Crippen molar-refractivity contribution in [2.45, 2.75) is 11.0 Å². The summed E-state index contributed by atoms with van der Waals surface area (Å²) >= 11 is 0. The normalized spacial score (nSPS) is 16.2. The molecular formula is C35H25F2N3O5. The minimum atomic E-state index is -1.79. The standard InChI is InChI=1S/C35H25F2N3O5/c36-30-21-16-27(22-31(30)37)34(23-38-32(41)39(34)33(42)45-29-19-17-28(18-20-29)40(43)44)35(24-10-4-1-5-11-24,25-12-6-2-7-13-25)26-14-8-3-9-15-26/h1-22H,23H2,(H,38,41). The minimum Gasteiger partial charge on any atom is -0.410 e. The van der Waals surface area contributed by atoms with Crippen LogP contribution in [0.15, 0.2) is 133 Å². The van der Waals surface area contributed by atoms with Crippen molar-refractivity contribution in [2.75, 3.05) is 6.54 Å². The number of carbonyl (C=O) groups excluding carboxylic acids is 2. The van der Waals surface area contributed by atoms with Gasteiger partial charge in [0, 0.05) is 18.7 Å². The molecule has 5 aromatic carbocycles. The van der Waals surface area contributed by atoms with Crippen LogP contribution >= 0.6 is 0 Å². The highest BCUT2D eigenvalue weighted by Gasteiger charge is 2.65. The van der Waals surface area contributed by atoms with Gasteiger partial charge >= 0.3 is 12.1 Å². The maximum atomic E-state index is 15.2. The lowest BCUT2D eigenvalue weighted by atomic mass is 9.55. The summed E-state index contributed by atoms with van der Waals surface area (Å²) in [7, 11) is 0. The molecule has 0 spiro atoms. The predicted molar refractivity (Wildman–Crippen MR) is 162 cm³/mol. The van der Waals surface area contributed by atoms with E-state index in [4.69, 9.17) is 4.74 Å². The Kier molecular flexibility index (Phi) is 7.55. The Morgan fingerprint density at radius 2 is 1.29 bits per heavy atom. The number of rotatable bonds is 7. The van der Waals surface area contributed by atoms with Gasteiger partial charge in [-0.3, -0.25) is 10.1 Å². The third-order valence-electron chi connectivity index (χ3n) is 8.15. The molecule has 1 fully saturated rings. The molecule has 0 saturated carbocycles. The van der Waals surface area contributed by atoms with Crippen LogP contribution in [0.5, 0.6) is 5.75 Å². The molecular weight excluding hydrogens is 580 g/mol. The van der Waals surface area contributed by atoms with E-state index in [-0.39, 0.29) is 23.5 Å². The van der Waals surface area contributed by atoms with Crippen LogP contribution in [0, 0.1) is 21.7 Å². The number of amides is 3. The van der Waals surface area contributed by atoms with Crippen molar-refractivity contribution in [2.24, 2.45) is 0 Å². The highest BCUT2D eigenvalue weighted by atomic mass is 19.2. The van der Waals surface area contributed by atoms with Crippen molar-refractivity contribution in [3.63, 3.8) is 0 Å². The number of ether oxygens (including phenoxy) is 1. The van der Waals surface area contributed by atoms with Crippen molar-refractivity contribution >= 4 is 17.8 Å². The molecule has 1 unspecified atom stereocenters. The molecule has 1 saturated heterocycles. The van der Waals surface area contributed by atoms with Gasteiger partial charge < -0.3 is 10.1 Å². The van der Waals surface area contributed by atoms with Crippen molar-refractivity contribution < 1.29 is 28.0 Å². The summed E-state index contributed by atoms with van der Waals surface area (Å²) in [5, 5.41) is 14.0. The van der Waals surface area contributed by atoms with Crippen LogP contribution in [0.2, 0.25) is 0 Å². The molecule has 6 rings (SSSR count). The molecule has 8 nitrogen and oxygen atoms in total. The van der Waals surface area contributed by atoms with Crippen LogP contribution < -0.4 is 10.1 Å². The van der Waals surface area contributed by atoms with Gasteiger partial charge in [-0.25, -0.2) is 23.3 Å². The van der Waals surface area contributed by atoms with E-state index < -0.39 is 39.6 Å². The lowest BCUT2D eigenvalue weighted by Gasteiger charge is -2.52. The number of nitro benzene ring substituents is 1. The van der Waals surface area contributed by atoms with Gasteiger partial charge in [-0.2, -0.15) is 0 Å². The van der Waals surface area contributed by atoms with Crippen molar-refractivity contribution in [1.82, 2.24) is 10.2 Å². The van der Waals surface area contributed by atoms with Crippen LogP contribution in [0.4, 0.5) is 24.1 Å². The maximum Gasteiger partial charge on any atom is 0.424 e. The largest absolute Gasteiger partial charge is 0.424 e. The number of nitrogens with zero attached hydrogens (tertiary/aromatic N) is 2. The van der Waals surface area contributed by atoms with Crippen molar-refractivity contribution in [3.05, 3.63) is 177 Å². The number of carbonyl (C=O) groups is 2. The predicted octanol–water partition coefficient (Wildman–Crippen LogP) is 7.33. The second-order valence-electron chi connectivity index (χ2n) is 10.5. The Morgan fingerprint density at radius 3 is 1.76 bits per heavy atom. The first-order valence-corrected chi connectivity index (χ1v) is 14.0. The number of nitrogens with one attached hydrogen (secondary N) is 1.